The monoisotopic (exact) mass is 274 g/mol. The molecule has 1 aromatic rings. The Morgan fingerprint density at radius 1 is 1.20 bits per heavy atom. The molecule has 1 aliphatic carbocycles. The van der Waals surface area contributed by atoms with Crippen LogP contribution in [0.3, 0.4) is 0 Å². The first-order chi connectivity index (χ1) is 9.83. The average molecular weight is 274 g/mol. The maximum absolute atomic E-state index is 9.62. The van der Waals surface area contributed by atoms with Crippen LogP contribution in [0.1, 0.15) is 51.0 Å². The van der Waals surface area contributed by atoms with Crippen LogP contribution in [-0.2, 0) is 0 Å². The van der Waals surface area contributed by atoms with Crippen LogP contribution in [-0.4, -0.2) is 18.3 Å². The van der Waals surface area contributed by atoms with Crippen molar-refractivity contribution in [3.05, 3.63) is 35.4 Å². The highest BCUT2D eigenvalue weighted by atomic mass is 16.5. The molecule has 0 heterocycles. The van der Waals surface area contributed by atoms with Crippen LogP contribution in [0.2, 0.25) is 0 Å². The van der Waals surface area contributed by atoms with Crippen LogP contribution in [0.15, 0.2) is 29.8 Å². The summed E-state index contributed by atoms with van der Waals surface area (Å²) in [6.45, 7) is 3.05. The van der Waals surface area contributed by atoms with Crippen molar-refractivity contribution in [2.45, 2.75) is 45.4 Å². The molecular formula is C18H26O2. The number of hydrogen-bond acceptors (Lipinski definition) is 2. The van der Waals surface area contributed by atoms with E-state index in [2.05, 4.69) is 25.1 Å². The second kappa shape index (κ2) is 8.11. The van der Waals surface area contributed by atoms with Gasteiger partial charge in [0.15, 0.2) is 0 Å². The van der Waals surface area contributed by atoms with E-state index in [0.29, 0.717) is 5.92 Å². The van der Waals surface area contributed by atoms with Gasteiger partial charge in [0, 0.05) is 0 Å². The first-order valence-corrected chi connectivity index (χ1v) is 7.87. The van der Waals surface area contributed by atoms with Crippen molar-refractivity contribution in [3.63, 3.8) is 0 Å². The molecule has 1 fully saturated rings. The summed E-state index contributed by atoms with van der Waals surface area (Å²) >= 11 is 0. The molecule has 2 heteroatoms. The fourth-order valence-electron chi connectivity index (χ4n) is 2.86. The van der Waals surface area contributed by atoms with E-state index in [-0.39, 0.29) is 6.61 Å². The zero-order chi connectivity index (χ0) is 14.2. The fourth-order valence-corrected chi connectivity index (χ4v) is 2.86. The van der Waals surface area contributed by atoms with E-state index in [1.54, 1.807) is 0 Å². The number of aliphatic hydroxyl groups is 1. The molecule has 20 heavy (non-hydrogen) atoms. The van der Waals surface area contributed by atoms with Gasteiger partial charge in [0.25, 0.3) is 0 Å². The molecule has 0 bridgehead atoms. The molecule has 0 spiro atoms. The number of rotatable bonds is 6. The maximum Gasteiger partial charge on any atom is 0.119 e. The van der Waals surface area contributed by atoms with Gasteiger partial charge in [0.2, 0.25) is 0 Å². The van der Waals surface area contributed by atoms with E-state index in [9.17, 15) is 5.11 Å². The maximum atomic E-state index is 9.62. The number of ether oxygens (including phenoxy) is 1. The van der Waals surface area contributed by atoms with Crippen molar-refractivity contribution < 1.29 is 9.84 Å². The fraction of sp³-hybridized carbons (Fsp3) is 0.556. The van der Waals surface area contributed by atoms with Gasteiger partial charge in [0.05, 0.1) is 13.2 Å². The van der Waals surface area contributed by atoms with Gasteiger partial charge in [-0.1, -0.05) is 44.4 Å². The topological polar surface area (TPSA) is 29.5 Å². The Morgan fingerprint density at radius 3 is 2.50 bits per heavy atom. The lowest BCUT2D eigenvalue weighted by Crippen LogP contribution is -2.11. The molecule has 1 aliphatic rings. The molecule has 0 unspecified atom stereocenters. The second-order valence-corrected chi connectivity index (χ2v) is 5.63. The number of aliphatic hydroxyl groups excluding tert-OH is 1. The minimum Gasteiger partial charge on any atom is -0.494 e. The molecule has 0 amide bonds. The van der Waals surface area contributed by atoms with Crippen molar-refractivity contribution in [3.8, 4) is 5.75 Å². The highest BCUT2D eigenvalue weighted by Gasteiger charge is 2.17. The van der Waals surface area contributed by atoms with Gasteiger partial charge < -0.3 is 9.84 Å². The SMILES string of the molecule is CCCOc1ccc(/C=C(/CO)C2CCCCC2)cc1. The molecule has 1 saturated carbocycles. The number of hydrogen-bond donors (Lipinski definition) is 1. The lowest BCUT2D eigenvalue weighted by Gasteiger charge is -2.23. The van der Waals surface area contributed by atoms with E-state index in [1.165, 1.54) is 37.7 Å². The Labute approximate surface area is 122 Å². The van der Waals surface area contributed by atoms with E-state index in [0.717, 1.165) is 24.3 Å². The molecule has 0 atom stereocenters. The van der Waals surface area contributed by atoms with Crippen LogP contribution in [0, 0.1) is 5.92 Å². The third-order valence-corrected chi connectivity index (χ3v) is 4.02. The van der Waals surface area contributed by atoms with Crippen LogP contribution in [0.4, 0.5) is 0 Å². The predicted molar refractivity (Wildman–Crippen MR) is 83.9 cm³/mol. The van der Waals surface area contributed by atoms with Crippen LogP contribution < -0.4 is 4.74 Å². The van der Waals surface area contributed by atoms with E-state index >= 15 is 0 Å². The Morgan fingerprint density at radius 2 is 1.90 bits per heavy atom. The predicted octanol–water partition coefficient (Wildman–Crippen LogP) is 4.43. The summed E-state index contributed by atoms with van der Waals surface area (Å²) in [5.74, 6) is 1.50. The van der Waals surface area contributed by atoms with Gasteiger partial charge in [-0.15, -0.1) is 0 Å². The minimum atomic E-state index is 0.179. The normalized spacial score (nSPS) is 17.2. The molecule has 0 aromatic heterocycles. The van der Waals surface area contributed by atoms with Crippen molar-refractivity contribution in [2.24, 2.45) is 5.92 Å². The van der Waals surface area contributed by atoms with Crippen molar-refractivity contribution in [2.75, 3.05) is 13.2 Å². The Hall–Kier alpha value is -1.28. The summed E-state index contributed by atoms with van der Waals surface area (Å²) in [5.41, 5.74) is 2.34. The van der Waals surface area contributed by atoms with Crippen LogP contribution in [0.5, 0.6) is 5.75 Å². The van der Waals surface area contributed by atoms with E-state index < -0.39 is 0 Å². The standard InChI is InChI=1S/C18H26O2/c1-2-12-20-18-10-8-15(9-11-18)13-17(14-19)16-6-4-3-5-7-16/h8-11,13,16,19H,2-7,12,14H2,1H3/b17-13-. The third kappa shape index (κ3) is 4.38. The molecule has 0 radical (unpaired) electrons. The van der Waals surface area contributed by atoms with Gasteiger partial charge in [-0.2, -0.15) is 0 Å². The van der Waals surface area contributed by atoms with Gasteiger partial charge in [-0.3, -0.25) is 0 Å². The zero-order valence-corrected chi connectivity index (χ0v) is 12.5. The Kier molecular flexibility index (Phi) is 6.13. The van der Waals surface area contributed by atoms with Crippen LogP contribution >= 0.6 is 0 Å². The molecule has 0 aliphatic heterocycles. The van der Waals surface area contributed by atoms with E-state index in [1.807, 2.05) is 12.1 Å². The molecule has 0 saturated heterocycles. The molecule has 1 N–H and O–H groups in total. The van der Waals surface area contributed by atoms with Gasteiger partial charge >= 0.3 is 0 Å². The Balaban J connectivity index is 2.03. The van der Waals surface area contributed by atoms with Gasteiger partial charge in [0.1, 0.15) is 5.75 Å². The van der Waals surface area contributed by atoms with Crippen LogP contribution in [0.25, 0.3) is 6.08 Å². The molecule has 2 rings (SSSR count). The van der Waals surface area contributed by atoms with Crippen molar-refractivity contribution in [1.29, 1.82) is 0 Å². The van der Waals surface area contributed by atoms with Crippen molar-refractivity contribution >= 4 is 6.08 Å². The summed E-state index contributed by atoms with van der Waals surface area (Å²) in [4.78, 5) is 0. The first kappa shape index (κ1) is 15.1. The summed E-state index contributed by atoms with van der Waals surface area (Å²) < 4.78 is 5.59. The Bertz CT molecular complexity index is 414. The van der Waals surface area contributed by atoms with Crippen molar-refractivity contribution in [1.82, 2.24) is 0 Å². The minimum absolute atomic E-state index is 0.179. The van der Waals surface area contributed by atoms with E-state index in [4.69, 9.17) is 4.74 Å². The molecule has 2 nitrogen and oxygen atoms in total. The second-order valence-electron chi connectivity index (χ2n) is 5.63. The summed E-state index contributed by atoms with van der Waals surface area (Å²) in [5, 5.41) is 9.62. The third-order valence-electron chi connectivity index (χ3n) is 4.02. The smallest absolute Gasteiger partial charge is 0.119 e. The molecule has 1 aromatic carbocycles. The zero-order valence-electron chi connectivity index (χ0n) is 12.5. The summed E-state index contributed by atoms with van der Waals surface area (Å²) in [7, 11) is 0. The summed E-state index contributed by atoms with van der Waals surface area (Å²) in [6.07, 6.45) is 9.57. The molecule has 110 valence electrons. The quantitative estimate of drug-likeness (QED) is 0.831. The van der Waals surface area contributed by atoms with Gasteiger partial charge in [-0.05, 0) is 48.4 Å². The largest absolute Gasteiger partial charge is 0.494 e. The highest BCUT2D eigenvalue weighted by molar-refractivity contribution is 5.54. The summed E-state index contributed by atoms with van der Waals surface area (Å²) in [6, 6.07) is 8.17. The highest BCUT2D eigenvalue weighted by Crippen LogP contribution is 2.30. The average Bonchev–Trinajstić information content (AvgIpc) is 2.52. The lowest BCUT2D eigenvalue weighted by atomic mass is 9.83. The number of benzene rings is 1. The van der Waals surface area contributed by atoms with Gasteiger partial charge in [-0.25, -0.2) is 0 Å². The lowest BCUT2D eigenvalue weighted by molar-refractivity contribution is 0.295. The molecular weight excluding hydrogens is 248 g/mol. The first-order valence-electron chi connectivity index (χ1n) is 7.87.